The zero-order valence-electron chi connectivity index (χ0n) is 17.0. The van der Waals surface area contributed by atoms with Crippen LogP contribution in [0, 0.1) is 0 Å². The Balaban J connectivity index is 1.50. The first-order valence-electron chi connectivity index (χ1n) is 9.90. The number of carbonyl (C=O) groups excluding carboxylic acids is 1. The normalized spacial score (nSPS) is 17.6. The molecule has 0 unspecified atom stereocenters. The van der Waals surface area contributed by atoms with Crippen LogP contribution < -0.4 is 11.2 Å². The molecule has 5 rings (SSSR count). The average Bonchev–Trinajstić information content (AvgIpc) is 3.41. The number of fused-ring (bicyclic) bond motifs is 1. The lowest BCUT2D eigenvalue weighted by molar-refractivity contribution is 0.0827. The van der Waals surface area contributed by atoms with Crippen molar-refractivity contribution in [2.45, 2.75) is 18.3 Å². The maximum absolute atomic E-state index is 12.3. The van der Waals surface area contributed by atoms with Crippen LogP contribution in [0.5, 0.6) is 0 Å². The molecule has 1 fully saturated rings. The van der Waals surface area contributed by atoms with Crippen LogP contribution in [0.15, 0.2) is 58.5 Å². The Bertz CT molecular complexity index is 1410. The molecule has 2 N–H and O–H groups in total. The van der Waals surface area contributed by atoms with Gasteiger partial charge in [0.25, 0.3) is 11.5 Å². The van der Waals surface area contributed by atoms with Crippen LogP contribution in [0.3, 0.4) is 0 Å². The van der Waals surface area contributed by atoms with Gasteiger partial charge in [-0.1, -0.05) is 12.1 Å². The van der Waals surface area contributed by atoms with Gasteiger partial charge in [-0.3, -0.25) is 14.6 Å². The SMILES string of the molecule is CN(C)C(=O)c1ccc([C@H]2C[C@@H]2c2cc(-c3c[nH]c(=O)[nH]c3=O)nn3ccnc23)cc1. The van der Waals surface area contributed by atoms with E-state index in [4.69, 9.17) is 0 Å². The first kappa shape index (κ1) is 19.0. The quantitative estimate of drug-likeness (QED) is 0.526. The standard InChI is InChI=1S/C22H20N6O3/c1-27(2)21(30)13-5-3-12(4-6-13)14-9-15(14)16-10-18(26-28-8-7-23-19(16)28)17-11-24-22(31)25-20(17)29/h3-8,10-11,14-15H,9H2,1-2H3,(H2,24,25,29,31)/t14-,15+/m1/s1. The van der Waals surface area contributed by atoms with Crippen molar-refractivity contribution in [1.82, 2.24) is 29.5 Å². The molecule has 0 aliphatic heterocycles. The molecule has 156 valence electrons. The molecule has 1 saturated carbocycles. The number of benzene rings is 1. The highest BCUT2D eigenvalue weighted by atomic mass is 16.2. The van der Waals surface area contributed by atoms with Gasteiger partial charge in [0.1, 0.15) is 0 Å². The molecule has 9 nitrogen and oxygen atoms in total. The van der Waals surface area contributed by atoms with E-state index < -0.39 is 11.2 Å². The number of rotatable bonds is 4. The Morgan fingerprint density at radius 1 is 1.16 bits per heavy atom. The van der Waals surface area contributed by atoms with Crippen molar-refractivity contribution >= 4 is 11.6 Å². The van der Waals surface area contributed by atoms with Gasteiger partial charge in [-0.15, -0.1) is 0 Å². The fraction of sp³-hybridized carbons (Fsp3) is 0.227. The summed E-state index contributed by atoms with van der Waals surface area (Å²) in [6.45, 7) is 0. The smallest absolute Gasteiger partial charge is 0.325 e. The van der Waals surface area contributed by atoms with Crippen molar-refractivity contribution in [3.8, 4) is 11.3 Å². The molecule has 1 aliphatic rings. The summed E-state index contributed by atoms with van der Waals surface area (Å²) in [6.07, 6.45) is 5.73. The molecule has 4 aromatic rings. The van der Waals surface area contributed by atoms with E-state index in [1.54, 1.807) is 35.9 Å². The Morgan fingerprint density at radius 3 is 2.65 bits per heavy atom. The van der Waals surface area contributed by atoms with Crippen molar-refractivity contribution in [3.63, 3.8) is 0 Å². The van der Waals surface area contributed by atoms with Gasteiger partial charge in [-0.05, 0) is 42.0 Å². The Labute approximate surface area is 176 Å². The molecule has 3 heterocycles. The predicted molar refractivity (Wildman–Crippen MR) is 114 cm³/mol. The molecular weight excluding hydrogens is 396 g/mol. The molecule has 0 radical (unpaired) electrons. The van der Waals surface area contributed by atoms with E-state index in [-0.39, 0.29) is 11.8 Å². The molecule has 0 spiro atoms. The monoisotopic (exact) mass is 416 g/mol. The molecule has 9 heteroatoms. The van der Waals surface area contributed by atoms with E-state index in [0.29, 0.717) is 22.7 Å². The fourth-order valence-corrected chi connectivity index (χ4v) is 3.98. The molecule has 0 bridgehead atoms. The summed E-state index contributed by atoms with van der Waals surface area (Å²) < 4.78 is 1.66. The third-order valence-electron chi connectivity index (χ3n) is 5.66. The summed E-state index contributed by atoms with van der Waals surface area (Å²) in [6, 6.07) is 9.59. The number of amides is 1. The van der Waals surface area contributed by atoms with E-state index in [9.17, 15) is 14.4 Å². The van der Waals surface area contributed by atoms with Crippen LogP contribution >= 0.6 is 0 Å². The van der Waals surface area contributed by atoms with Gasteiger partial charge >= 0.3 is 5.69 Å². The van der Waals surface area contributed by atoms with Crippen LogP contribution in [0.2, 0.25) is 0 Å². The van der Waals surface area contributed by atoms with Crippen LogP contribution in [0.4, 0.5) is 0 Å². The number of nitrogens with zero attached hydrogens (tertiary/aromatic N) is 4. The highest BCUT2D eigenvalue weighted by molar-refractivity contribution is 5.93. The first-order chi connectivity index (χ1) is 14.9. The number of hydrogen-bond donors (Lipinski definition) is 2. The van der Waals surface area contributed by atoms with Crippen LogP contribution in [-0.4, -0.2) is 49.5 Å². The number of nitrogens with one attached hydrogen (secondary N) is 2. The number of carbonyl (C=O) groups is 1. The second-order valence-electron chi connectivity index (χ2n) is 7.94. The van der Waals surface area contributed by atoms with E-state index >= 15 is 0 Å². The molecule has 1 aliphatic carbocycles. The lowest BCUT2D eigenvalue weighted by atomic mass is 10.0. The minimum absolute atomic E-state index is 0.0251. The Morgan fingerprint density at radius 2 is 1.94 bits per heavy atom. The van der Waals surface area contributed by atoms with Gasteiger partial charge in [-0.2, -0.15) is 5.10 Å². The Kier molecular flexibility index (Phi) is 4.32. The molecule has 31 heavy (non-hydrogen) atoms. The summed E-state index contributed by atoms with van der Waals surface area (Å²) in [7, 11) is 3.47. The molecular formula is C22H20N6O3. The molecule has 0 saturated heterocycles. The van der Waals surface area contributed by atoms with Gasteiger partial charge in [0, 0.05) is 43.8 Å². The van der Waals surface area contributed by atoms with E-state index in [1.807, 2.05) is 30.3 Å². The second kappa shape index (κ2) is 7.05. The number of aromatic nitrogens is 5. The zero-order chi connectivity index (χ0) is 21.7. The van der Waals surface area contributed by atoms with Crippen molar-refractivity contribution in [3.05, 3.63) is 86.5 Å². The third kappa shape index (κ3) is 3.33. The highest BCUT2D eigenvalue weighted by Crippen LogP contribution is 2.55. The summed E-state index contributed by atoms with van der Waals surface area (Å²) in [5.41, 5.74) is 3.27. The zero-order valence-corrected chi connectivity index (χ0v) is 17.0. The Hall–Kier alpha value is -4.01. The summed E-state index contributed by atoms with van der Waals surface area (Å²) >= 11 is 0. The van der Waals surface area contributed by atoms with Crippen LogP contribution in [0.25, 0.3) is 16.9 Å². The fourth-order valence-electron chi connectivity index (χ4n) is 3.98. The van der Waals surface area contributed by atoms with E-state index in [2.05, 4.69) is 20.1 Å². The number of imidazole rings is 1. The van der Waals surface area contributed by atoms with Gasteiger partial charge in [0.15, 0.2) is 5.65 Å². The van der Waals surface area contributed by atoms with Crippen molar-refractivity contribution in [2.75, 3.05) is 14.1 Å². The van der Waals surface area contributed by atoms with Crippen LogP contribution in [-0.2, 0) is 0 Å². The molecule has 1 amide bonds. The first-order valence-corrected chi connectivity index (χ1v) is 9.90. The second-order valence-corrected chi connectivity index (χ2v) is 7.94. The lowest BCUT2D eigenvalue weighted by Crippen LogP contribution is -2.23. The largest absolute Gasteiger partial charge is 0.345 e. The maximum Gasteiger partial charge on any atom is 0.325 e. The van der Waals surface area contributed by atoms with E-state index in [0.717, 1.165) is 23.2 Å². The number of H-pyrrole nitrogens is 2. The van der Waals surface area contributed by atoms with Gasteiger partial charge < -0.3 is 9.88 Å². The maximum atomic E-state index is 12.3. The van der Waals surface area contributed by atoms with Gasteiger partial charge in [0.2, 0.25) is 0 Å². The number of hydrogen-bond acceptors (Lipinski definition) is 5. The molecule has 1 aromatic carbocycles. The van der Waals surface area contributed by atoms with Crippen molar-refractivity contribution < 1.29 is 4.79 Å². The minimum atomic E-state index is -0.559. The summed E-state index contributed by atoms with van der Waals surface area (Å²) in [5.74, 6) is 0.500. The summed E-state index contributed by atoms with van der Waals surface area (Å²) in [4.78, 5) is 46.5. The minimum Gasteiger partial charge on any atom is -0.345 e. The average molecular weight is 416 g/mol. The van der Waals surface area contributed by atoms with E-state index in [1.165, 1.54) is 6.20 Å². The van der Waals surface area contributed by atoms with Crippen molar-refractivity contribution in [1.29, 1.82) is 0 Å². The third-order valence-corrected chi connectivity index (χ3v) is 5.66. The van der Waals surface area contributed by atoms with Crippen molar-refractivity contribution in [2.24, 2.45) is 0 Å². The molecule has 3 aromatic heterocycles. The number of aromatic amines is 2. The van der Waals surface area contributed by atoms with Crippen LogP contribution in [0.1, 0.15) is 39.7 Å². The van der Waals surface area contributed by atoms with Gasteiger partial charge in [0.05, 0.1) is 11.3 Å². The lowest BCUT2D eigenvalue weighted by Gasteiger charge is -2.11. The predicted octanol–water partition coefficient (Wildman–Crippen LogP) is 1.75. The highest BCUT2D eigenvalue weighted by Gasteiger charge is 2.41. The summed E-state index contributed by atoms with van der Waals surface area (Å²) in [5, 5.41) is 4.48. The molecule has 2 atom stereocenters. The topological polar surface area (TPSA) is 116 Å². The van der Waals surface area contributed by atoms with Gasteiger partial charge in [-0.25, -0.2) is 14.3 Å².